The Morgan fingerprint density at radius 3 is 2.96 bits per heavy atom. The zero-order valence-electron chi connectivity index (χ0n) is 14.8. The van der Waals surface area contributed by atoms with Crippen molar-refractivity contribution in [1.29, 1.82) is 0 Å². The van der Waals surface area contributed by atoms with Gasteiger partial charge in [-0.1, -0.05) is 6.07 Å². The highest BCUT2D eigenvalue weighted by Crippen LogP contribution is 2.27. The molecule has 4 rings (SSSR count). The Labute approximate surface area is 152 Å². The summed E-state index contributed by atoms with van der Waals surface area (Å²) in [6.45, 7) is 2.20. The van der Waals surface area contributed by atoms with Crippen LogP contribution in [0.1, 0.15) is 40.6 Å². The van der Waals surface area contributed by atoms with Crippen molar-refractivity contribution in [3.63, 3.8) is 0 Å². The highest BCUT2D eigenvalue weighted by Gasteiger charge is 2.28. The second-order valence-electron chi connectivity index (χ2n) is 6.74. The Hall–Kier alpha value is -2.96. The van der Waals surface area contributed by atoms with E-state index in [2.05, 4.69) is 25.7 Å². The molecule has 1 amide bonds. The summed E-state index contributed by atoms with van der Waals surface area (Å²) in [6.07, 6.45) is 11.3. The maximum Gasteiger partial charge on any atom is 0.274 e. The van der Waals surface area contributed by atoms with Crippen LogP contribution < -0.4 is 0 Å². The van der Waals surface area contributed by atoms with Crippen LogP contribution in [0.4, 0.5) is 0 Å². The van der Waals surface area contributed by atoms with Crippen LogP contribution in [0, 0.1) is 0 Å². The Balaban J connectivity index is 1.50. The molecule has 134 valence electrons. The van der Waals surface area contributed by atoms with Crippen LogP contribution in [0.2, 0.25) is 0 Å². The van der Waals surface area contributed by atoms with E-state index in [4.69, 9.17) is 0 Å². The van der Waals surface area contributed by atoms with Crippen LogP contribution in [0.5, 0.6) is 0 Å². The maximum atomic E-state index is 12.7. The Bertz CT molecular complexity index is 884. The molecule has 0 aliphatic carbocycles. The van der Waals surface area contributed by atoms with Crippen LogP contribution in [-0.4, -0.2) is 48.2 Å². The second kappa shape index (κ2) is 7.11. The molecule has 3 aromatic rings. The van der Waals surface area contributed by atoms with E-state index < -0.39 is 0 Å². The zero-order valence-corrected chi connectivity index (χ0v) is 14.8. The van der Waals surface area contributed by atoms with E-state index in [-0.39, 0.29) is 11.8 Å². The summed E-state index contributed by atoms with van der Waals surface area (Å²) in [5, 5.41) is 4.24. The number of imidazole rings is 1. The van der Waals surface area contributed by atoms with Gasteiger partial charge in [0.05, 0.1) is 6.54 Å². The van der Waals surface area contributed by atoms with E-state index in [1.54, 1.807) is 23.1 Å². The number of rotatable bonds is 4. The Kier molecular flexibility index (Phi) is 4.51. The third-order valence-electron chi connectivity index (χ3n) is 4.83. The largest absolute Gasteiger partial charge is 0.337 e. The fourth-order valence-corrected chi connectivity index (χ4v) is 3.57. The monoisotopic (exact) mass is 350 g/mol. The highest BCUT2D eigenvalue weighted by molar-refractivity contribution is 5.92. The minimum Gasteiger partial charge on any atom is -0.337 e. The average Bonchev–Trinajstić information content (AvgIpc) is 3.31. The molecular weight excluding hydrogens is 328 g/mol. The summed E-state index contributed by atoms with van der Waals surface area (Å²) in [4.78, 5) is 23.4. The van der Waals surface area contributed by atoms with E-state index in [9.17, 15) is 4.79 Å². The lowest BCUT2D eigenvalue weighted by atomic mass is 9.96. The highest BCUT2D eigenvalue weighted by atomic mass is 16.2. The van der Waals surface area contributed by atoms with E-state index in [1.807, 2.05) is 36.6 Å². The van der Waals surface area contributed by atoms with Gasteiger partial charge in [-0.05, 0) is 30.5 Å². The predicted molar refractivity (Wildman–Crippen MR) is 96.7 cm³/mol. The first-order chi connectivity index (χ1) is 12.7. The van der Waals surface area contributed by atoms with Gasteiger partial charge in [0.2, 0.25) is 0 Å². The van der Waals surface area contributed by atoms with Gasteiger partial charge in [0.1, 0.15) is 11.5 Å². The SMILES string of the molecule is Cn1ccc(C(=O)N2CCC[C@@H](c3nccn3Cc3cccnc3)C2)n1. The summed E-state index contributed by atoms with van der Waals surface area (Å²) < 4.78 is 3.83. The van der Waals surface area contributed by atoms with Gasteiger partial charge in [-0.2, -0.15) is 5.10 Å². The topological polar surface area (TPSA) is 68.8 Å². The Morgan fingerprint density at radius 2 is 2.19 bits per heavy atom. The quantitative estimate of drug-likeness (QED) is 0.722. The molecule has 0 spiro atoms. The number of carbonyl (C=O) groups is 1. The molecule has 3 aromatic heterocycles. The number of hydrogen-bond donors (Lipinski definition) is 0. The molecule has 4 heterocycles. The molecule has 0 unspecified atom stereocenters. The van der Waals surface area contributed by atoms with Gasteiger partial charge in [-0.3, -0.25) is 14.5 Å². The first-order valence-electron chi connectivity index (χ1n) is 8.89. The molecule has 0 saturated carbocycles. The number of amides is 1. The van der Waals surface area contributed by atoms with Crippen molar-refractivity contribution in [2.45, 2.75) is 25.3 Å². The number of piperidine rings is 1. The number of carbonyl (C=O) groups excluding carboxylic acids is 1. The molecule has 7 nitrogen and oxygen atoms in total. The van der Waals surface area contributed by atoms with Crippen molar-refractivity contribution in [2.24, 2.45) is 7.05 Å². The zero-order chi connectivity index (χ0) is 17.9. The van der Waals surface area contributed by atoms with Crippen LogP contribution in [0.3, 0.4) is 0 Å². The van der Waals surface area contributed by atoms with Gasteiger partial charge in [-0.15, -0.1) is 0 Å². The van der Waals surface area contributed by atoms with Gasteiger partial charge in [-0.25, -0.2) is 4.98 Å². The Morgan fingerprint density at radius 1 is 1.27 bits per heavy atom. The molecule has 26 heavy (non-hydrogen) atoms. The molecule has 7 heteroatoms. The number of aryl methyl sites for hydroxylation is 1. The van der Waals surface area contributed by atoms with Crippen LogP contribution in [-0.2, 0) is 13.6 Å². The molecule has 1 saturated heterocycles. The van der Waals surface area contributed by atoms with Gasteiger partial charge >= 0.3 is 0 Å². The predicted octanol–water partition coefficient (Wildman–Crippen LogP) is 2.08. The minimum atomic E-state index is 0.000616. The fraction of sp³-hybridized carbons (Fsp3) is 0.368. The number of aromatic nitrogens is 5. The van der Waals surface area contributed by atoms with Gasteiger partial charge in [0, 0.05) is 57.0 Å². The van der Waals surface area contributed by atoms with E-state index in [0.717, 1.165) is 37.3 Å². The fourth-order valence-electron chi connectivity index (χ4n) is 3.57. The van der Waals surface area contributed by atoms with E-state index >= 15 is 0 Å². The van der Waals surface area contributed by atoms with Crippen molar-refractivity contribution < 1.29 is 4.79 Å². The summed E-state index contributed by atoms with van der Waals surface area (Å²) in [6, 6.07) is 5.78. The van der Waals surface area contributed by atoms with Gasteiger partial charge in [0.25, 0.3) is 5.91 Å². The first-order valence-corrected chi connectivity index (χ1v) is 8.89. The molecular formula is C19H22N6O. The maximum absolute atomic E-state index is 12.7. The summed E-state index contributed by atoms with van der Waals surface area (Å²) in [5.41, 5.74) is 1.65. The second-order valence-corrected chi connectivity index (χ2v) is 6.74. The summed E-state index contributed by atoms with van der Waals surface area (Å²) >= 11 is 0. The molecule has 1 atom stereocenters. The van der Waals surface area contributed by atoms with Crippen LogP contribution in [0.25, 0.3) is 0 Å². The number of pyridine rings is 1. The van der Waals surface area contributed by atoms with Crippen molar-refractivity contribution in [3.05, 3.63) is 66.3 Å². The smallest absolute Gasteiger partial charge is 0.274 e. The van der Waals surface area contributed by atoms with Gasteiger partial charge in [0.15, 0.2) is 0 Å². The number of likely N-dealkylation sites (tertiary alicyclic amines) is 1. The lowest BCUT2D eigenvalue weighted by Crippen LogP contribution is -2.40. The van der Waals surface area contributed by atoms with Crippen LogP contribution >= 0.6 is 0 Å². The number of hydrogen-bond acceptors (Lipinski definition) is 4. The minimum absolute atomic E-state index is 0.000616. The van der Waals surface area contributed by atoms with E-state index in [0.29, 0.717) is 12.2 Å². The third-order valence-corrected chi connectivity index (χ3v) is 4.83. The molecule has 0 N–H and O–H groups in total. The van der Waals surface area contributed by atoms with E-state index in [1.165, 1.54) is 0 Å². The number of nitrogens with zero attached hydrogens (tertiary/aromatic N) is 6. The normalized spacial score (nSPS) is 17.4. The first kappa shape index (κ1) is 16.5. The van der Waals surface area contributed by atoms with Crippen molar-refractivity contribution in [2.75, 3.05) is 13.1 Å². The lowest BCUT2D eigenvalue weighted by molar-refractivity contribution is 0.0696. The molecule has 1 aliphatic heterocycles. The molecule has 1 aliphatic rings. The lowest BCUT2D eigenvalue weighted by Gasteiger charge is -2.32. The van der Waals surface area contributed by atoms with Crippen LogP contribution in [0.15, 0.2) is 49.2 Å². The molecule has 0 radical (unpaired) electrons. The third kappa shape index (κ3) is 3.37. The molecule has 0 bridgehead atoms. The van der Waals surface area contributed by atoms with Crippen molar-refractivity contribution in [3.8, 4) is 0 Å². The van der Waals surface area contributed by atoms with Gasteiger partial charge < -0.3 is 9.47 Å². The summed E-state index contributed by atoms with van der Waals surface area (Å²) in [7, 11) is 1.82. The van der Waals surface area contributed by atoms with Crippen molar-refractivity contribution in [1.82, 2.24) is 29.2 Å². The molecule has 1 fully saturated rings. The standard InChI is InChI=1S/C19H22N6O/c1-23-10-6-17(22-23)19(26)25-9-3-5-16(14-25)18-21-8-11-24(18)13-15-4-2-7-20-12-15/h2,4,6-8,10-12,16H,3,5,9,13-14H2,1H3/t16-/m1/s1. The summed E-state index contributed by atoms with van der Waals surface area (Å²) in [5.74, 6) is 1.27. The molecule has 0 aromatic carbocycles. The average molecular weight is 350 g/mol. The van der Waals surface area contributed by atoms with Crippen molar-refractivity contribution >= 4 is 5.91 Å².